The highest BCUT2D eigenvalue weighted by molar-refractivity contribution is 5.60. The van der Waals surface area contributed by atoms with Gasteiger partial charge in [0, 0.05) is 18.8 Å². The summed E-state index contributed by atoms with van der Waals surface area (Å²) in [6, 6.07) is 0. The summed E-state index contributed by atoms with van der Waals surface area (Å²) in [5.41, 5.74) is 0.713. The van der Waals surface area contributed by atoms with Crippen LogP contribution in [0.5, 0.6) is 0 Å². The minimum atomic E-state index is -2.57. The van der Waals surface area contributed by atoms with Gasteiger partial charge in [-0.15, -0.1) is 0 Å². The van der Waals surface area contributed by atoms with Crippen LogP contribution in [0.4, 0.5) is 8.78 Å². The lowest BCUT2D eigenvalue weighted by molar-refractivity contribution is 0.146. The third kappa shape index (κ3) is 1.39. The van der Waals surface area contributed by atoms with Gasteiger partial charge in [0.1, 0.15) is 5.69 Å². The Hall–Kier alpha value is -1.72. The van der Waals surface area contributed by atoms with Crippen molar-refractivity contribution in [3.63, 3.8) is 0 Å². The van der Waals surface area contributed by atoms with Crippen molar-refractivity contribution in [3.05, 3.63) is 24.4 Å². The second kappa shape index (κ2) is 3.21. The average Bonchev–Trinajstić information content (AvgIpc) is 2.70. The number of rotatable bonds is 2. The highest BCUT2D eigenvalue weighted by atomic mass is 19.3. The molecule has 0 fully saturated rings. The Labute approximate surface area is 78.6 Å². The van der Waals surface area contributed by atoms with Crippen LogP contribution in [0.3, 0.4) is 0 Å². The van der Waals surface area contributed by atoms with E-state index in [9.17, 15) is 8.78 Å². The maximum absolute atomic E-state index is 12.5. The van der Waals surface area contributed by atoms with Crippen molar-refractivity contribution in [1.82, 2.24) is 19.7 Å². The third-order valence-electron chi connectivity index (χ3n) is 1.85. The molecule has 0 aromatic carbocycles. The van der Waals surface area contributed by atoms with E-state index in [4.69, 9.17) is 0 Å². The molecule has 0 unspecified atom stereocenters. The van der Waals surface area contributed by atoms with E-state index >= 15 is 0 Å². The topological polar surface area (TPSA) is 46.5 Å². The first-order valence-electron chi connectivity index (χ1n) is 3.99. The molecule has 0 bridgehead atoms. The van der Waals surface area contributed by atoms with Crippen LogP contribution in [0.25, 0.3) is 11.3 Å². The van der Waals surface area contributed by atoms with Crippen LogP contribution < -0.4 is 0 Å². The minimum absolute atomic E-state index is 0.225. The number of hydrogen-bond acceptors (Lipinski definition) is 2. The van der Waals surface area contributed by atoms with Gasteiger partial charge in [0.2, 0.25) is 0 Å². The fraction of sp³-hybridized carbons (Fsp3) is 0.250. The Kier molecular flexibility index (Phi) is 2.03. The molecule has 74 valence electrons. The second-order valence-corrected chi connectivity index (χ2v) is 2.87. The summed E-state index contributed by atoms with van der Waals surface area (Å²) >= 11 is 0. The van der Waals surface area contributed by atoms with Crippen molar-refractivity contribution in [2.75, 3.05) is 0 Å². The number of aromatic nitrogens is 4. The van der Waals surface area contributed by atoms with E-state index in [1.54, 1.807) is 7.05 Å². The maximum atomic E-state index is 12.5. The predicted octanol–water partition coefficient (Wildman–Crippen LogP) is 1.75. The Bertz CT molecular complexity index is 418. The smallest absolute Gasteiger partial charge is 0.282 e. The van der Waals surface area contributed by atoms with E-state index in [-0.39, 0.29) is 5.69 Å². The van der Waals surface area contributed by atoms with Gasteiger partial charge in [-0.05, 0) is 0 Å². The van der Waals surface area contributed by atoms with Gasteiger partial charge in [0.05, 0.1) is 18.2 Å². The van der Waals surface area contributed by atoms with Gasteiger partial charge in [-0.3, -0.25) is 4.68 Å². The summed E-state index contributed by atoms with van der Waals surface area (Å²) < 4.78 is 26.4. The van der Waals surface area contributed by atoms with E-state index in [1.807, 2.05) is 0 Å². The molecule has 0 radical (unpaired) electrons. The summed E-state index contributed by atoms with van der Waals surface area (Å²) in [7, 11) is 1.60. The van der Waals surface area contributed by atoms with Crippen LogP contribution in [-0.4, -0.2) is 19.7 Å². The summed E-state index contributed by atoms with van der Waals surface area (Å²) in [6.45, 7) is 0. The van der Waals surface area contributed by atoms with Gasteiger partial charge in [0.15, 0.2) is 0 Å². The first-order chi connectivity index (χ1) is 6.68. The van der Waals surface area contributed by atoms with Crippen LogP contribution in [-0.2, 0) is 7.05 Å². The number of aromatic amines is 1. The number of H-pyrrole nitrogens is 1. The van der Waals surface area contributed by atoms with Gasteiger partial charge in [-0.1, -0.05) is 0 Å². The molecule has 1 N–H and O–H groups in total. The Morgan fingerprint density at radius 1 is 1.50 bits per heavy atom. The molecule has 2 rings (SSSR count). The Balaban J connectivity index is 2.52. The highest BCUT2D eigenvalue weighted by Gasteiger charge is 2.19. The summed E-state index contributed by atoms with van der Waals surface area (Å²) in [4.78, 5) is 6.54. The van der Waals surface area contributed by atoms with Crippen molar-refractivity contribution >= 4 is 0 Å². The van der Waals surface area contributed by atoms with E-state index in [1.165, 1.54) is 23.4 Å². The second-order valence-electron chi connectivity index (χ2n) is 2.87. The lowest BCUT2D eigenvalue weighted by Crippen LogP contribution is -1.91. The lowest BCUT2D eigenvalue weighted by Gasteiger charge is -1.96. The molecule has 0 saturated carbocycles. The molecular weight excluding hydrogens is 190 g/mol. The third-order valence-corrected chi connectivity index (χ3v) is 1.85. The minimum Gasteiger partial charge on any atom is -0.345 e. The molecule has 2 aromatic rings. The molecule has 0 saturated heterocycles. The molecule has 6 heteroatoms. The first kappa shape index (κ1) is 8.86. The number of alkyl halides is 2. The summed E-state index contributed by atoms with van der Waals surface area (Å²) in [6.07, 6.45) is 1.89. The van der Waals surface area contributed by atoms with Crippen molar-refractivity contribution < 1.29 is 8.78 Å². The van der Waals surface area contributed by atoms with Crippen molar-refractivity contribution in [2.24, 2.45) is 7.05 Å². The average molecular weight is 198 g/mol. The zero-order chi connectivity index (χ0) is 10.1. The molecule has 4 nitrogen and oxygen atoms in total. The number of imidazole rings is 1. The number of halogens is 2. The zero-order valence-corrected chi connectivity index (χ0v) is 7.41. The monoisotopic (exact) mass is 198 g/mol. The van der Waals surface area contributed by atoms with Crippen molar-refractivity contribution in [3.8, 4) is 11.3 Å². The Morgan fingerprint density at radius 3 is 2.86 bits per heavy atom. The van der Waals surface area contributed by atoms with Crippen molar-refractivity contribution in [2.45, 2.75) is 6.43 Å². The number of aryl methyl sites for hydroxylation is 1. The fourth-order valence-electron chi connectivity index (χ4n) is 1.28. The van der Waals surface area contributed by atoms with E-state index in [0.717, 1.165) is 0 Å². The number of nitrogens with one attached hydrogen (secondary N) is 1. The molecule has 2 aromatic heterocycles. The molecule has 0 amide bonds. The van der Waals surface area contributed by atoms with E-state index < -0.39 is 6.43 Å². The molecule has 0 spiro atoms. The molecule has 14 heavy (non-hydrogen) atoms. The molecule has 0 aliphatic carbocycles. The number of nitrogens with zero attached hydrogens (tertiary/aromatic N) is 3. The van der Waals surface area contributed by atoms with Gasteiger partial charge in [-0.25, -0.2) is 13.8 Å². The number of hydrogen-bond donors (Lipinski definition) is 1. The molecule has 0 atom stereocenters. The quantitative estimate of drug-likeness (QED) is 0.799. The zero-order valence-electron chi connectivity index (χ0n) is 7.41. The fourth-order valence-corrected chi connectivity index (χ4v) is 1.28. The van der Waals surface area contributed by atoms with E-state index in [2.05, 4.69) is 15.1 Å². The van der Waals surface area contributed by atoms with Gasteiger partial charge in [0.25, 0.3) is 6.43 Å². The predicted molar refractivity (Wildman–Crippen MR) is 45.7 cm³/mol. The molecule has 0 aliphatic rings. The van der Waals surface area contributed by atoms with Gasteiger partial charge < -0.3 is 4.98 Å². The first-order valence-corrected chi connectivity index (χ1v) is 3.99. The van der Waals surface area contributed by atoms with Gasteiger partial charge >= 0.3 is 0 Å². The largest absolute Gasteiger partial charge is 0.345 e. The molecular formula is C8H8F2N4. The van der Waals surface area contributed by atoms with Crippen LogP contribution >= 0.6 is 0 Å². The Morgan fingerprint density at radius 2 is 2.29 bits per heavy atom. The molecule has 0 aliphatic heterocycles. The van der Waals surface area contributed by atoms with Crippen molar-refractivity contribution in [1.29, 1.82) is 0 Å². The SMILES string of the molecule is Cn1cc(-c2cnc[nH]2)c(C(F)F)n1. The van der Waals surface area contributed by atoms with Crippen LogP contribution in [0.15, 0.2) is 18.7 Å². The van der Waals surface area contributed by atoms with Crippen LogP contribution in [0.1, 0.15) is 12.1 Å². The molecule has 2 heterocycles. The standard InChI is InChI=1S/C8H8F2N4/c1-14-3-5(6-2-11-4-12-6)7(13-14)8(9)10/h2-4,8H,1H3,(H,11,12). The normalized spacial score (nSPS) is 11.1. The maximum Gasteiger partial charge on any atom is 0.282 e. The van der Waals surface area contributed by atoms with Crippen LogP contribution in [0, 0.1) is 0 Å². The summed E-state index contributed by atoms with van der Waals surface area (Å²) in [5.74, 6) is 0. The van der Waals surface area contributed by atoms with Crippen LogP contribution in [0.2, 0.25) is 0 Å². The summed E-state index contributed by atoms with van der Waals surface area (Å²) in [5, 5.41) is 3.68. The lowest BCUT2D eigenvalue weighted by atomic mass is 10.2. The van der Waals surface area contributed by atoms with E-state index in [0.29, 0.717) is 11.3 Å². The highest BCUT2D eigenvalue weighted by Crippen LogP contribution is 2.27. The van der Waals surface area contributed by atoms with Gasteiger partial charge in [-0.2, -0.15) is 5.10 Å².